The Kier molecular flexibility index (Phi) is 5.14. The van der Waals surface area contributed by atoms with E-state index in [0.29, 0.717) is 5.69 Å². The predicted octanol–water partition coefficient (Wildman–Crippen LogP) is 4.95. The molecule has 126 valence electrons. The molecule has 4 heteroatoms. The molecule has 3 aromatic rings. The van der Waals surface area contributed by atoms with Gasteiger partial charge < -0.3 is 5.11 Å². The largest absolute Gasteiger partial charge is 0.506 e. The van der Waals surface area contributed by atoms with Gasteiger partial charge in [0, 0.05) is 0 Å². The van der Waals surface area contributed by atoms with Crippen LogP contribution < -0.4 is 0 Å². The number of nitrogens with zero attached hydrogens (tertiary/aromatic N) is 3. The standard InChI is InChI=1S/C20H25N3O/c1-3-4-5-6-7-8-16-10-12-19(20(24)14-16)23-21-17-11-9-15(2)13-18(17)22-23/h9-14,24H,3-8H2,1-2H3. The van der Waals surface area contributed by atoms with E-state index in [1.165, 1.54) is 42.5 Å². The molecule has 0 spiro atoms. The first-order chi connectivity index (χ1) is 11.7. The Labute approximate surface area is 143 Å². The van der Waals surface area contributed by atoms with Crippen LogP contribution in [0.2, 0.25) is 0 Å². The fourth-order valence-corrected chi connectivity index (χ4v) is 2.96. The second-order valence-electron chi connectivity index (χ2n) is 6.47. The molecular formula is C20H25N3O. The van der Waals surface area contributed by atoms with Gasteiger partial charge in [0.15, 0.2) is 0 Å². The van der Waals surface area contributed by atoms with Gasteiger partial charge in [-0.2, -0.15) is 0 Å². The molecule has 1 heterocycles. The zero-order valence-electron chi connectivity index (χ0n) is 14.5. The monoisotopic (exact) mass is 323 g/mol. The van der Waals surface area contributed by atoms with Crippen molar-refractivity contribution in [3.8, 4) is 11.4 Å². The Bertz CT molecular complexity index is 823. The third kappa shape index (κ3) is 3.75. The van der Waals surface area contributed by atoms with Crippen molar-refractivity contribution in [3.05, 3.63) is 47.5 Å². The number of unbranched alkanes of at least 4 members (excludes halogenated alkanes) is 4. The molecule has 0 fully saturated rings. The van der Waals surface area contributed by atoms with Crippen molar-refractivity contribution in [2.45, 2.75) is 52.4 Å². The molecule has 0 atom stereocenters. The maximum Gasteiger partial charge on any atom is 0.143 e. The van der Waals surface area contributed by atoms with Crippen molar-refractivity contribution in [1.29, 1.82) is 0 Å². The van der Waals surface area contributed by atoms with Crippen molar-refractivity contribution in [2.24, 2.45) is 0 Å². The van der Waals surface area contributed by atoms with Crippen molar-refractivity contribution in [2.75, 3.05) is 0 Å². The topological polar surface area (TPSA) is 50.9 Å². The molecule has 0 amide bonds. The molecule has 0 bridgehead atoms. The molecule has 0 aliphatic heterocycles. The average Bonchev–Trinajstić information content (AvgIpc) is 2.97. The quantitative estimate of drug-likeness (QED) is 0.626. The van der Waals surface area contributed by atoms with Crippen LogP contribution in [-0.4, -0.2) is 20.1 Å². The Balaban J connectivity index is 1.73. The Hall–Kier alpha value is -2.36. The first-order valence-electron chi connectivity index (χ1n) is 8.83. The minimum absolute atomic E-state index is 0.234. The van der Waals surface area contributed by atoms with E-state index in [2.05, 4.69) is 23.2 Å². The molecule has 0 saturated carbocycles. The minimum atomic E-state index is 0.234. The SMILES string of the molecule is CCCCCCCc1ccc(-n2nc3ccc(C)cc3n2)c(O)c1. The van der Waals surface area contributed by atoms with Crippen molar-refractivity contribution < 1.29 is 5.11 Å². The van der Waals surface area contributed by atoms with Gasteiger partial charge in [-0.1, -0.05) is 44.7 Å². The molecule has 0 aliphatic carbocycles. The van der Waals surface area contributed by atoms with Crippen molar-refractivity contribution in [3.63, 3.8) is 0 Å². The van der Waals surface area contributed by atoms with Gasteiger partial charge in [0.05, 0.1) is 0 Å². The van der Waals surface area contributed by atoms with Crippen LogP contribution >= 0.6 is 0 Å². The van der Waals surface area contributed by atoms with Crippen LogP contribution in [-0.2, 0) is 6.42 Å². The van der Waals surface area contributed by atoms with Gasteiger partial charge in [-0.05, 0) is 55.2 Å². The zero-order valence-corrected chi connectivity index (χ0v) is 14.5. The lowest BCUT2D eigenvalue weighted by Crippen LogP contribution is -1.99. The number of hydrogen-bond acceptors (Lipinski definition) is 3. The van der Waals surface area contributed by atoms with Crippen molar-refractivity contribution in [1.82, 2.24) is 15.0 Å². The van der Waals surface area contributed by atoms with E-state index in [-0.39, 0.29) is 5.75 Å². The molecule has 0 aliphatic rings. The highest BCUT2D eigenvalue weighted by molar-refractivity contribution is 5.74. The van der Waals surface area contributed by atoms with Gasteiger partial charge in [0.2, 0.25) is 0 Å². The number of phenols is 1. The van der Waals surface area contributed by atoms with E-state index >= 15 is 0 Å². The molecule has 2 aromatic carbocycles. The molecular weight excluding hydrogens is 298 g/mol. The second kappa shape index (κ2) is 7.47. The lowest BCUT2D eigenvalue weighted by atomic mass is 10.0. The summed E-state index contributed by atoms with van der Waals surface area (Å²) >= 11 is 0. The van der Waals surface area contributed by atoms with Crippen LogP contribution in [0.25, 0.3) is 16.7 Å². The molecule has 1 aromatic heterocycles. The number of fused-ring (bicyclic) bond motifs is 1. The summed E-state index contributed by atoms with van der Waals surface area (Å²) in [7, 11) is 0. The average molecular weight is 323 g/mol. The normalized spacial score (nSPS) is 11.2. The number of aromatic nitrogens is 3. The lowest BCUT2D eigenvalue weighted by molar-refractivity contribution is 0.466. The fourth-order valence-electron chi connectivity index (χ4n) is 2.96. The van der Waals surface area contributed by atoms with Crippen LogP contribution in [0.1, 0.15) is 50.2 Å². The molecule has 0 saturated heterocycles. The Morgan fingerprint density at radius 3 is 2.50 bits per heavy atom. The van der Waals surface area contributed by atoms with E-state index < -0.39 is 0 Å². The summed E-state index contributed by atoms with van der Waals surface area (Å²) in [5.74, 6) is 0.234. The van der Waals surface area contributed by atoms with Crippen LogP contribution in [0, 0.1) is 6.92 Å². The molecule has 3 rings (SSSR count). The van der Waals surface area contributed by atoms with E-state index in [1.807, 2.05) is 37.3 Å². The first kappa shape index (κ1) is 16.5. The summed E-state index contributed by atoms with van der Waals surface area (Å²) in [4.78, 5) is 1.52. The third-order valence-corrected chi connectivity index (χ3v) is 4.36. The van der Waals surface area contributed by atoms with Gasteiger partial charge in [0.25, 0.3) is 0 Å². The number of phenolic OH excluding ortho intramolecular Hbond substituents is 1. The predicted molar refractivity (Wildman–Crippen MR) is 97.7 cm³/mol. The Morgan fingerprint density at radius 1 is 0.917 bits per heavy atom. The maximum atomic E-state index is 10.4. The van der Waals surface area contributed by atoms with Gasteiger partial charge in [0.1, 0.15) is 22.5 Å². The van der Waals surface area contributed by atoms with E-state index in [9.17, 15) is 5.11 Å². The summed E-state index contributed by atoms with van der Waals surface area (Å²) < 4.78 is 0. The van der Waals surface area contributed by atoms with Gasteiger partial charge in [-0.15, -0.1) is 15.0 Å². The third-order valence-electron chi connectivity index (χ3n) is 4.36. The van der Waals surface area contributed by atoms with Gasteiger partial charge in [-0.25, -0.2) is 0 Å². The van der Waals surface area contributed by atoms with Gasteiger partial charge in [-0.3, -0.25) is 0 Å². The highest BCUT2D eigenvalue weighted by atomic mass is 16.3. The second-order valence-corrected chi connectivity index (χ2v) is 6.47. The number of rotatable bonds is 7. The highest BCUT2D eigenvalue weighted by Crippen LogP contribution is 2.24. The smallest absolute Gasteiger partial charge is 0.143 e. The molecule has 0 unspecified atom stereocenters. The highest BCUT2D eigenvalue weighted by Gasteiger charge is 2.09. The summed E-state index contributed by atoms with van der Waals surface area (Å²) in [6.07, 6.45) is 7.29. The van der Waals surface area contributed by atoms with E-state index in [0.717, 1.165) is 23.0 Å². The summed E-state index contributed by atoms with van der Waals surface area (Å²) in [5, 5.41) is 19.3. The van der Waals surface area contributed by atoms with Crippen LogP contribution in [0.15, 0.2) is 36.4 Å². The van der Waals surface area contributed by atoms with Crippen molar-refractivity contribution >= 4 is 11.0 Å². The van der Waals surface area contributed by atoms with Gasteiger partial charge >= 0.3 is 0 Å². The summed E-state index contributed by atoms with van der Waals surface area (Å²) in [6, 6.07) is 11.8. The fraction of sp³-hybridized carbons (Fsp3) is 0.400. The number of benzene rings is 2. The zero-order chi connectivity index (χ0) is 16.9. The summed E-state index contributed by atoms with van der Waals surface area (Å²) in [5.41, 5.74) is 4.62. The Morgan fingerprint density at radius 2 is 1.71 bits per heavy atom. The minimum Gasteiger partial charge on any atom is -0.506 e. The van der Waals surface area contributed by atoms with Crippen LogP contribution in [0.3, 0.4) is 0 Å². The molecule has 1 N–H and O–H groups in total. The summed E-state index contributed by atoms with van der Waals surface area (Å²) in [6.45, 7) is 4.26. The molecule has 4 nitrogen and oxygen atoms in total. The number of aromatic hydroxyl groups is 1. The van der Waals surface area contributed by atoms with Crippen LogP contribution in [0.5, 0.6) is 5.75 Å². The number of hydrogen-bond donors (Lipinski definition) is 1. The lowest BCUT2D eigenvalue weighted by Gasteiger charge is -2.06. The van der Waals surface area contributed by atoms with E-state index in [1.54, 1.807) is 0 Å². The number of aryl methyl sites for hydroxylation is 2. The molecule has 0 radical (unpaired) electrons. The van der Waals surface area contributed by atoms with Crippen LogP contribution in [0.4, 0.5) is 0 Å². The maximum absolute atomic E-state index is 10.4. The van der Waals surface area contributed by atoms with E-state index in [4.69, 9.17) is 0 Å². The first-order valence-corrected chi connectivity index (χ1v) is 8.83. The molecule has 24 heavy (non-hydrogen) atoms.